The average molecular weight is 452 g/mol. The minimum atomic E-state index is -5.08. The Labute approximate surface area is 175 Å². The molecule has 4 N–H and O–H groups in total. The molecule has 6 nitrogen and oxygen atoms in total. The van der Waals surface area contributed by atoms with Gasteiger partial charge in [-0.25, -0.2) is 4.79 Å². The number of carboxylic acid groups (broad SMARTS) is 1. The minimum Gasteiger partial charge on any atom is -0.489 e. The largest absolute Gasteiger partial charge is 0.490 e. The number of benzene rings is 2. The van der Waals surface area contributed by atoms with Crippen LogP contribution in [-0.4, -0.2) is 30.3 Å². The fraction of sp³-hybridized carbons (Fsp3) is 0.222. The Morgan fingerprint density at radius 1 is 1.21 bits per heavy atom. The Bertz CT molecular complexity index is 849. The molecule has 0 aliphatic rings. The van der Waals surface area contributed by atoms with Crippen LogP contribution in [0.25, 0.3) is 0 Å². The van der Waals surface area contributed by atoms with Crippen molar-refractivity contribution in [1.29, 1.82) is 5.41 Å². The van der Waals surface area contributed by atoms with Crippen molar-refractivity contribution >= 4 is 35.1 Å². The van der Waals surface area contributed by atoms with E-state index in [4.69, 9.17) is 43.2 Å². The Kier molecular flexibility index (Phi) is 9.57. The molecular formula is C18H18Cl2F3N3O3. The maximum atomic E-state index is 10.6. The van der Waals surface area contributed by atoms with Crippen LogP contribution >= 0.6 is 23.2 Å². The van der Waals surface area contributed by atoms with Crippen molar-refractivity contribution in [2.75, 3.05) is 7.05 Å². The molecule has 29 heavy (non-hydrogen) atoms. The number of guanidine groups is 1. The van der Waals surface area contributed by atoms with Gasteiger partial charge in [-0.15, -0.1) is 0 Å². The summed E-state index contributed by atoms with van der Waals surface area (Å²) in [5.74, 6) is -1.74. The van der Waals surface area contributed by atoms with Crippen LogP contribution in [0, 0.1) is 5.41 Å². The van der Waals surface area contributed by atoms with Crippen LogP contribution in [0.5, 0.6) is 5.75 Å². The SMILES string of the molecule is CNC(=N)NCc1cccc(OCc2cccc(Cl)c2Cl)c1.O=C(O)C(F)(F)F. The van der Waals surface area contributed by atoms with Gasteiger partial charge in [-0.05, 0) is 23.8 Å². The highest BCUT2D eigenvalue weighted by molar-refractivity contribution is 6.42. The van der Waals surface area contributed by atoms with E-state index in [1.807, 2.05) is 36.4 Å². The van der Waals surface area contributed by atoms with Crippen LogP contribution in [0.15, 0.2) is 42.5 Å². The lowest BCUT2D eigenvalue weighted by Gasteiger charge is -2.11. The van der Waals surface area contributed by atoms with E-state index in [1.54, 1.807) is 13.1 Å². The smallest absolute Gasteiger partial charge is 0.489 e. The normalized spacial score (nSPS) is 10.4. The lowest BCUT2D eigenvalue weighted by atomic mass is 10.2. The highest BCUT2D eigenvalue weighted by atomic mass is 35.5. The van der Waals surface area contributed by atoms with Crippen molar-refractivity contribution in [3.8, 4) is 5.75 Å². The standard InChI is InChI=1S/C16H17Cl2N3O.C2HF3O2/c1-20-16(19)21-9-11-4-2-6-13(8-11)22-10-12-5-3-7-14(17)15(12)18;3-2(4,5)1(6)7/h2-8H,9-10H2,1H3,(H3,19,20,21);(H,6,7). The van der Waals surface area contributed by atoms with Crippen LogP contribution < -0.4 is 15.4 Å². The zero-order chi connectivity index (χ0) is 22.0. The summed E-state index contributed by atoms with van der Waals surface area (Å²) in [7, 11) is 1.70. The molecule has 0 saturated heterocycles. The number of nitrogens with one attached hydrogen (secondary N) is 3. The van der Waals surface area contributed by atoms with Gasteiger partial charge >= 0.3 is 12.1 Å². The highest BCUT2D eigenvalue weighted by Gasteiger charge is 2.38. The predicted octanol–water partition coefficient (Wildman–Crippen LogP) is 4.45. The van der Waals surface area contributed by atoms with Crippen LogP contribution in [0.2, 0.25) is 10.0 Å². The number of hydrogen-bond acceptors (Lipinski definition) is 3. The van der Waals surface area contributed by atoms with E-state index >= 15 is 0 Å². The van der Waals surface area contributed by atoms with E-state index in [2.05, 4.69) is 10.6 Å². The summed E-state index contributed by atoms with van der Waals surface area (Å²) in [6.45, 7) is 0.900. The molecule has 0 amide bonds. The molecule has 0 aromatic heterocycles. The van der Waals surface area contributed by atoms with E-state index in [0.29, 0.717) is 23.2 Å². The first-order chi connectivity index (χ1) is 13.5. The summed E-state index contributed by atoms with van der Waals surface area (Å²) in [6.07, 6.45) is -5.08. The molecule has 0 spiro atoms. The monoisotopic (exact) mass is 451 g/mol. The quantitative estimate of drug-likeness (QED) is 0.397. The molecule has 0 bridgehead atoms. The lowest BCUT2D eigenvalue weighted by molar-refractivity contribution is -0.192. The second-order valence-corrected chi connectivity index (χ2v) is 6.22. The first-order valence-electron chi connectivity index (χ1n) is 7.99. The highest BCUT2D eigenvalue weighted by Crippen LogP contribution is 2.26. The Morgan fingerprint density at radius 3 is 2.41 bits per heavy atom. The van der Waals surface area contributed by atoms with Gasteiger partial charge in [0.1, 0.15) is 12.4 Å². The van der Waals surface area contributed by atoms with E-state index in [0.717, 1.165) is 16.9 Å². The van der Waals surface area contributed by atoms with Crippen molar-refractivity contribution < 1.29 is 27.8 Å². The molecule has 158 valence electrons. The van der Waals surface area contributed by atoms with Gasteiger partial charge in [0, 0.05) is 19.2 Å². The zero-order valence-corrected chi connectivity index (χ0v) is 16.6. The number of rotatable bonds is 5. The van der Waals surface area contributed by atoms with Crippen LogP contribution in [0.4, 0.5) is 13.2 Å². The maximum Gasteiger partial charge on any atom is 0.490 e. The molecule has 0 atom stereocenters. The molecule has 0 radical (unpaired) electrons. The van der Waals surface area contributed by atoms with Crippen molar-refractivity contribution in [2.45, 2.75) is 19.3 Å². The molecule has 0 fully saturated rings. The zero-order valence-electron chi connectivity index (χ0n) is 15.1. The molecule has 2 aromatic carbocycles. The lowest BCUT2D eigenvalue weighted by Crippen LogP contribution is -2.32. The molecular weight excluding hydrogens is 434 g/mol. The van der Waals surface area contributed by atoms with Gasteiger partial charge in [-0.3, -0.25) is 5.41 Å². The van der Waals surface area contributed by atoms with Gasteiger partial charge in [0.2, 0.25) is 0 Å². The Hall–Kier alpha value is -2.65. The maximum absolute atomic E-state index is 10.6. The van der Waals surface area contributed by atoms with Crippen LogP contribution in [0.1, 0.15) is 11.1 Å². The number of hydrogen-bond donors (Lipinski definition) is 4. The number of ether oxygens (including phenoxy) is 1. The molecule has 2 aromatic rings. The summed E-state index contributed by atoms with van der Waals surface area (Å²) in [5.41, 5.74) is 1.87. The predicted molar refractivity (Wildman–Crippen MR) is 105 cm³/mol. The number of carboxylic acids is 1. The van der Waals surface area contributed by atoms with E-state index in [9.17, 15) is 13.2 Å². The summed E-state index contributed by atoms with van der Waals surface area (Å²) in [5, 5.41) is 21.3. The summed E-state index contributed by atoms with van der Waals surface area (Å²) in [4.78, 5) is 8.90. The summed E-state index contributed by atoms with van der Waals surface area (Å²) < 4.78 is 37.5. The third-order valence-electron chi connectivity index (χ3n) is 3.29. The van der Waals surface area contributed by atoms with Gasteiger partial charge in [0.15, 0.2) is 5.96 Å². The molecule has 0 aliphatic heterocycles. The topological polar surface area (TPSA) is 94.4 Å². The van der Waals surface area contributed by atoms with Gasteiger partial charge in [-0.2, -0.15) is 13.2 Å². The van der Waals surface area contributed by atoms with Gasteiger partial charge in [0.05, 0.1) is 10.0 Å². The molecule has 0 heterocycles. The molecule has 0 saturated carbocycles. The third kappa shape index (κ3) is 8.93. The summed E-state index contributed by atoms with van der Waals surface area (Å²) >= 11 is 12.1. The van der Waals surface area contributed by atoms with Crippen molar-refractivity contribution in [2.24, 2.45) is 0 Å². The first-order valence-corrected chi connectivity index (χ1v) is 8.75. The molecule has 11 heteroatoms. The fourth-order valence-electron chi connectivity index (χ4n) is 1.85. The van der Waals surface area contributed by atoms with Crippen molar-refractivity contribution in [3.05, 3.63) is 63.6 Å². The molecule has 2 rings (SSSR count). The number of halogens is 5. The summed E-state index contributed by atoms with van der Waals surface area (Å²) in [6, 6.07) is 13.2. The van der Waals surface area contributed by atoms with Crippen LogP contribution in [-0.2, 0) is 17.9 Å². The van der Waals surface area contributed by atoms with E-state index in [-0.39, 0.29) is 5.96 Å². The Balaban J connectivity index is 0.000000516. The van der Waals surface area contributed by atoms with E-state index < -0.39 is 12.1 Å². The third-order valence-corrected chi connectivity index (χ3v) is 4.14. The molecule has 0 aliphatic carbocycles. The number of aliphatic carboxylic acids is 1. The van der Waals surface area contributed by atoms with Gasteiger partial charge in [-0.1, -0.05) is 47.5 Å². The first kappa shape index (κ1) is 24.4. The molecule has 0 unspecified atom stereocenters. The number of carbonyl (C=O) groups is 1. The van der Waals surface area contributed by atoms with Gasteiger partial charge in [0.25, 0.3) is 0 Å². The second-order valence-electron chi connectivity index (χ2n) is 5.43. The van der Waals surface area contributed by atoms with Crippen LogP contribution in [0.3, 0.4) is 0 Å². The van der Waals surface area contributed by atoms with Gasteiger partial charge < -0.3 is 20.5 Å². The van der Waals surface area contributed by atoms with Crippen molar-refractivity contribution in [3.63, 3.8) is 0 Å². The van der Waals surface area contributed by atoms with E-state index in [1.165, 1.54) is 0 Å². The second kappa shape index (κ2) is 11.4. The number of alkyl halides is 3. The fourth-order valence-corrected chi connectivity index (χ4v) is 2.22. The van der Waals surface area contributed by atoms with Crippen molar-refractivity contribution in [1.82, 2.24) is 10.6 Å². The average Bonchev–Trinajstić information content (AvgIpc) is 2.67. The minimum absolute atomic E-state index is 0.275. The Morgan fingerprint density at radius 2 is 1.83 bits per heavy atom.